The standard InChI is InChI=1S/C50H42/c1-47(2)33-21-13-11-19-29(33)41-37(47)25-31-39-27-17-9-16-24-36(27)50(7,8)46-42-30-20-12-14-22-34(30)48(3,4)38(42)26-32(44(39)46)40-28-18-10-15-23-35(28)49(5,6)45(41)43(31)40/h9-26H,1-8H3. The first kappa shape index (κ1) is 28.9. The van der Waals surface area contributed by atoms with E-state index in [2.05, 4.69) is 165 Å². The molecule has 7 aromatic rings. The van der Waals surface area contributed by atoms with Crippen molar-refractivity contribution < 1.29 is 0 Å². The van der Waals surface area contributed by atoms with Crippen LogP contribution in [0.3, 0.4) is 0 Å². The molecule has 11 rings (SSSR count). The fourth-order valence-electron chi connectivity index (χ4n) is 11.4. The van der Waals surface area contributed by atoms with E-state index in [0.29, 0.717) is 0 Å². The summed E-state index contributed by atoms with van der Waals surface area (Å²) >= 11 is 0. The molecule has 0 aliphatic heterocycles. The van der Waals surface area contributed by atoms with Gasteiger partial charge in [-0.1, -0.05) is 152 Å². The summed E-state index contributed by atoms with van der Waals surface area (Å²) in [6.07, 6.45) is 0. The molecular weight excluding hydrogens is 601 g/mol. The topological polar surface area (TPSA) is 0 Å². The molecule has 0 amide bonds. The largest absolute Gasteiger partial charge is 0.0619 e. The third-order valence-electron chi connectivity index (χ3n) is 13.8. The molecule has 0 nitrogen and oxygen atoms in total. The number of benzene rings is 7. The van der Waals surface area contributed by atoms with Crippen molar-refractivity contribution in [1.82, 2.24) is 0 Å². The maximum absolute atomic E-state index is 2.64. The summed E-state index contributed by atoms with van der Waals surface area (Å²) in [6, 6.07) is 42.4. The van der Waals surface area contributed by atoms with Crippen molar-refractivity contribution in [3.8, 4) is 44.5 Å². The van der Waals surface area contributed by atoms with Crippen molar-refractivity contribution in [2.45, 2.75) is 77.0 Å². The van der Waals surface area contributed by atoms with Crippen molar-refractivity contribution in [2.75, 3.05) is 0 Å². The lowest BCUT2D eigenvalue weighted by molar-refractivity contribution is 0.636. The molecule has 0 saturated heterocycles. The molecule has 7 aromatic carbocycles. The van der Waals surface area contributed by atoms with E-state index in [1.165, 1.54) is 111 Å². The number of hydrogen-bond acceptors (Lipinski definition) is 0. The van der Waals surface area contributed by atoms with E-state index in [-0.39, 0.29) is 21.7 Å². The zero-order valence-electron chi connectivity index (χ0n) is 30.4. The van der Waals surface area contributed by atoms with Gasteiger partial charge < -0.3 is 0 Å². The average molecular weight is 643 g/mol. The van der Waals surface area contributed by atoms with Crippen LogP contribution in [0.2, 0.25) is 0 Å². The van der Waals surface area contributed by atoms with Crippen LogP contribution in [0.15, 0.2) is 109 Å². The van der Waals surface area contributed by atoms with Crippen LogP contribution in [0, 0.1) is 0 Å². The molecule has 0 spiro atoms. The summed E-state index contributed by atoms with van der Waals surface area (Å²) in [6.45, 7) is 19.7. The SMILES string of the molecule is CC1(C)c2ccccc2-c2c1cc1c3c4c(c5c(cc4c4c1c2C(C)(C)c1ccccc1-4)C(C)(C)c1ccccc1-5)C(C)(C)c1ccccc1-3. The second-order valence-corrected chi connectivity index (χ2v) is 17.6. The normalized spacial score (nSPS) is 18.2. The van der Waals surface area contributed by atoms with Crippen molar-refractivity contribution in [2.24, 2.45) is 0 Å². The molecule has 0 unspecified atom stereocenters. The lowest BCUT2D eigenvalue weighted by Gasteiger charge is -2.42. The van der Waals surface area contributed by atoms with Crippen molar-refractivity contribution >= 4 is 21.5 Å². The van der Waals surface area contributed by atoms with Gasteiger partial charge in [-0.2, -0.15) is 0 Å². The van der Waals surface area contributed by atoms with Gasteiger partial charge in [0.25, 0.3) is 0 Å². The highest BCUT2D eigenvalue weighted by molar-refractivity contribution is 6.28. The van der Waals surface area contributed by atoms with Gasteiger partial charge in [0.05, 0.1) is 0 Å². The Labute approximate surface area is 295 Å². The summed E-state index contributed by atoms with van der Waals surface area (Å²) in [4.78, 5) is 0. The smallest absolute Gasteiger partial charge is 0.0165 e. The minimum atomic E-state index is -0.191. The van der Waals surface area contributed by atoms with E-state index in [4.69, 9.17) is 0 Å². The predicted octanol–water partition coefficient (Wildman–Crippen LogP) is 13.2. The van der Waals surface area contributed by atoms with Crippen LogP contribution in [0.25, 0.3) is 66.1 Å². The Morgan fingerprint density at radius 2 is 0.580 bits per heavy atom. The number of fused-ring (bicyclic) bond motifs is 14. The maximum atomic E-state index is 2.64. The van der Waals surface area contributed by atoms with Crippen molar-refractivity contribution in [3.05, 3.63) is 154 Å². The van der Waals surface area contributed by atoms with Crippen LogP contribution in [0.5, 0.6) is 0 Å². The summed E-state index contributed by atoms with van der Waals surface area (Å²) in [5.74, 6) is 0. The zero-order valence-corrected chi connectivity index (χ0v) is 30.4. The fraction of sp³-hybridized carbons (Fsp3) is 0.240. The third kappa shape index (κ3) is 3.01. The highest BCUT2D eigenvalue weighted by atomic mass is 14.5. The van der Waals surface area contributed by atoms with E-state index >= 15 is 0 Å². The van der Waals surface area contributed by atoms with E-state index in [9.17, 15) is 0 Å². The Morgan fingerprint density at radius 3 is 0.920 bits per heavy atom. The predicted molar refractivity (Wildman–Crippen MR) is 212 cm³/mol. The molecule has 0 atom stereocenters. The summed E-state index contributed by atoms with van der Waals surface area (Å²) in [5, 5.41) is 5.74. The molecular formula is C50H42. The monoisotopic (exact) mass is 642 g/mol. The van der Waals surface area contributed by atoms with E-state index in [0.717, 1.165) is 0 Å². The van der Waals surface area contributed by atoms with Gasteiger partial charge in [-0.05, 0) is 123 Å². The maximum Gasteiger partial charge on any atom is 0.0165 e. The van der Waals surface area contributed by atoms with Gasteiger partial charge in [-0.3, -0.25) is 0 Å². The molecule has 0 N–H and O–H groups in total. The molecule has 0 fully saturated rings. The Balaban J connectivity index is 1.49. The van der Waals surface area contributed by atoms with E-state index in [1.807, 2.05) is 0 Å². The second kappa shape index (κ2) is 8.67. The van der Waals surface area contributed by atoms with E-state index < -0.39 is 0 Å². The highest BCUT2D eigenvalue weighted by Gasteiger charge is 2.48. The molecule has 0 aromatic heterocycles. The Hall–Kier alpha value is -4.94. The van der Waals surface area contributed by atoms with Gasteiger partial charge in [0.1, 0.15) is 0 Å². The fourth-order valence-corrected chi connectivity index (χ4v) is 11.4. The number of rotatable bonds is 0. The quantitative estimate of drug-likeness (QED) is 0.144. The van der Waals surface area contributed by atoms with Gasteiger partial charge in [-0.25, -0.2) is 0 Å². The Bertz CT molecular complexity index is 2550. The summed E-state index contributed by atoms with van der Waals surface area (Å²) in [7, 11) is 0. The van der Waals surface area contributed by atoms with Gasteiger partial charge in [0, 0.05) is 21.7 Å². The minimum absolute atomic E-state index is 0.108. The molecule has 0 heterocycles. The zero-order chi connectivity index (χ0) is 34.3. The summed E-state index contributed by atoms with van der Waals surface area (Å²) in [5.41, 5.74) is 22.5. The van der Waals surface area contributed by atoms with Gasteiger partial charge in [0.2, 0.25) is 0 Å². The lowest BCUT2D eigenvalue weighted by Crippen LogP contribution is -2.28. The first-order valence-electron chi connectivity index (χ1n) is 18.5. The first-order chi connectivity index (χ1) is 23.9. The van der Waals surface area contributed by atoms with Crippen molar-refractivity contribution in [1.29, 1.82) is 0 Å². The first-order valence-corrected chi connectivity index (χ1v) is 18.5. The van der Waals surface area contributed by atoms with Gasteiger partial charge in [0.15, 0.2) is 0 Å². The minimum Gasteiger partial charge on any atom is -0.0619 e. The average Bonchev–Trinajstić information content (AvgIpc) is 3.47. The molecule has 50 heavy (non-hydrogen) atoms. The highest BCUT2D eigenvalue weighted by Crippen LogP contribution is 2.65. The van der Waals surface area contributed by atoms with Crippen LogP contribution in [0.4, 0.5) is 0 Å². The molecule has 0 heteroatoms. The van der Waals surface area contributed by atoms with E-state index in [1.54, 1.807) is 0 Å². The Kier molecular flexibility index (Phi) is 5.00. The van der Waals surface area contributed by atoms with Gasteiger partial charge in [-0.15, -0.1) is 0 Å². The van der Waals surface area contributed by atoms with Gasteiger partial charge >= 0.3 is 0 Å². The van der Waals surface area contributed by atoms with Crippen LogP contribution in [-0.4, -0.2) is 0 Å². The molecule has 4 aliphatic rings. The molecule has 0 saturated carbocycles. The number of hydrogen-bond donors (Lipinski definition) is 0. The molecule has 0 bridgehead atoms. The van der Waals surface area contributed by atoms with Crippen LogP contribution in [0.1, 0.15) is 99.9 Å². The van der Waals surface area contributed by atoms with Crippen molar-refractivity contribution in [3.63, 3.8) is 0 Å². The van der Waals surface area contributed by atoms with Crippen LogP contribution < -0.4 is 0 Å². The Morgan fingerprint density at radius 1 is 0.300 bits per heavy atom. The summed E-state index contributed by atoms with van der Waals surface area (Å²) < 4.78 is 0. The third-order valence-corrected chi connectivity index (χ3v) is 13.8. The molecule has 242 valence electrons. The molecule has 0 radical (unpaired) electrons. The van der Waals surface area contributed by atoms with Crippen LogP contribution in [-0.2, 0) is 21.7 Å². The van der Waals surface area contributed by atoms with Crippen LogP contribution >= 0.6 is 0 Å². The molecule has 4 aliphatic carbocycles. The lowest BCUT2D eigenvalue weighted by atomic mass is 9.60. The second-order valence-electron chi connectivity index (χ2n) is 17.6.